The molecule has 0 bridgehead atoms. The van der Waals surface area contributed by atoms with Crippen LogP contribution in [0.2, 0.25) is 0 Å². The molecule has 0 aliphatic carbocycles. The van der Waals surface area contributed by atoms with E-state index in [1.165, 1.54) is 32.3 Å². The first-order chi connectivity index (χ1) is 10.3. The van der Waals surface area contributed by atoms with Crippen LogP contribution in [0.4, 0.5) is 0 Å². The second-order valence-corrected chi connectivity index (χ2v) is 5.63. The van der Waals surface area contributed by atoms with E-state index in [1.54, 1.807) is 0 Å². The third-order valence-electron chi connectivity index (χ3n) is 4.40. The standard InChI is InChI=1S/C19H17NO/c20-17(10-11-21)15-8-6-14-5-4-12-2-1-3-13-7-9-16(15)19(14)18(12)13/h1-9,17,21H,10-11,20H2/t17-/m1/s1. The zero-order valence-electron chi connectivity index (χ0n) is 11.7. The maximum absolute atomic E-state index is 9.16. The minimum Gasteiger partial charge on any atom is -0.396 e. The molecule has 0 aliphatic heterocycles. The molecule has 21 heavy (non-hydrogen) atoms. The molecule has 3 N–H and O–H groups in total. The van der Waals surface area contributed by atoms with Gasteiger partial charge in [0.2, 0.25) is 0 Å². The van der Waals surface area contributed by atoms with E-state index in [0.29, 0.717) is 6.42 Å². The van der Waals surface area contributed by atoms with Crippen molar-refractivity contribution in [2.45, 2.75) is 12.5 Å². The second kappa shape index (κ2) is 4.69. The van der Waals surface area contributed by atoms with Gasteiger partial charge in [0, 0.05) is 12.6 Å². The van der Waals surface area contributed by atoms with Gasteiger partial charge in [0.05, 0.1) is 0 Å². The number of rotatable bonds is 3. The van der Waals surface area contributed by atoms with Crippen LogP contribution in [0, 0.1) is 0 Å². The highest BCUT2D eigenvalue weighted by molar-refractivity contribution is 6.23. The van der Waals surface area contributed by atoms with Crippen LogP contribution in [0.1, 0.15) is 18.0 Å². The van der Waals surface area contributed by atoms with Crippen LogP contribution in [0.3, 0.4) is 0 Å². The van der Waals surface area contributed by atoms with Crippen molar-refractivity contribution in [3.8, 4) is 0 Å². The van der Waals surface area contributed by atoms with Gasteiger partial charge >= 0.3 is 0 Å². The smallest absolute Gasteiger partial charge is 0.0449 e. The molecule has 104 valence electrons. The molecular formula is C19H17NO. The monoisotopic (exact) mass is 275 g/mol. The Balaban J connectivity index is 2.15. The Labute approximate surface area is 123 Å². The van der Waals surface area contributed by atoms with Gasteiger partial charge in [0.25, 0.3) is 0 Å². The van der Waals surface area contributed by atoms with E-state index in [9.17, 15) is 0 Å². The lowest BCUT2D eigenvalue weighted by Gasteiger charge is -2.17. The third kappa shape index (κ3) is 1.80. The first-order valence-electron chi connectivity index (χ1n) is 7.32. The van der Waals surface area contributed by atoms with Crippen molar-refractivity contribution in [1.29, 1.82) is 0 Å². The maximum atomic E-state index is 9.16. The molecule has 0 unspecified atom stereocenters. The Kier molecular flexibility index (Phi) is 2.81. The zero-order chi connectivity index (χ0) is 14.4. The van der Waals surface area contributed by atoms with Crippen molar-refractivity contribution in [2.24, 2.45) is 5.73 Å². The fraction of sp³-hybridized carbons (Fsp3) is 0.158. The van der Waals surface area contributed by atoms with Crippen LogP contribution in [0.25, 0.3) is 32.3 Å². The minimum absolute atomic E-state index is 0.114. The predicted octanol–water partition coefficient (Wildman–Crippen LogP) is 3.97. The van der Waals surface area contributed by atoms with E-state index in [4.69, 9.17) is 10.8 Å². The first-order valence-corrected chi connectivity index (χ1v) is 7.32. The van der Waals surface area contributed by atoms with Gasteiger partial charge in [-0.25, -0.2) is 0 Å². The SMILES string of the molecule is N[C@H](CCO)c1ccc2ccc3cccc4ccc1c2c34. The van der Waals surface area contributed by atoms with Gasteiger partial charge < -0.3 is 10.8 Å². The van der Waals surface area contributed by atoms with E-state index >= 15 is 0 Å². The molecular weight excluding hydrogens is 258 g/mol. The highest BCUT2D eigenvalue weighted by atomic mass is 16.3. The Hall–Kier alpha value is -2.16. The van der Waals surface area contributed by atoms with Crippen LogP contribution in [-0.2, 0) is 0 Å². The number of hydrogen-bond donors (Lipinski definition) is 2. The van der Waals surface area contributed by atoms with Crippen LogP contribution in [0.5, 0.6) is 0 Å². The zero-order valence-corrected chi connectivity index (χ0v) is 11.7. The average Bonchev–Trinajstić information content (AvgIpc) is 2.52. The topological polar surface area (TPSA) is 46.2 Å². The van der Waals surface area contributed by atoms with E-state index in [-0.39, 0.29) is 12.6 Å². The predicted molar refractivity (Wildman–Crippen MR) is 88.8 cm³/mol. The van der Waals surface area contributed by atoms with E-state index < -0.39 is 0 Å². The summed E-state index contributed by atoms with van der Waals surface area (Å²) in [6.45, 7) is 0.114. The molecule has 0 amide bonds. The van der Waals surface area contributed by atoms with Crippen molar-refractivity contribution in [3.63, 3.8) is 0 Å². The number of aliphatic hydroxyl groups is 1. The van der Waals surface area contributed by atoms with Crippen LogP contribution < -0.4 is 5.73 Å². The molecule has 0 saturated heterocycles. The van der Waals surface area contributed by atoms with Crippen LogP contribution >= 0.6 is 0 Å². The highest BCUT2D eigenvalue weighted by Gasteiger charge is 2.14. The van der Waals surface area contributed by atoms with E-state index in [1.807, 2.05) is 0 Å². The van der Waals surface area contributed by atoms with Crippen molar-refractivity contribution >= 4 is 32.3 Å². The number of nitrogens with two attached hydrogens (primary N) is 1. The second-order valence-electron chi connectivity index (χ2n) is 5.63. The van der Waals surface area contributed by atoms with Gasteiger partial charge in [-0.05, 0) is 44.3 Å². The first kappa shape index (κ1) is 12.6. The van der Waals surface area contributed by atoms with Gasteiger partial charge in [-0.2, -0.15) is 0 Å². The Morgan fingerprint density at radius 1 is 0.810 bits per heavy atom. The Morgan fingerprint density at radius 3 is 2.14 bits per heavy atom. The van der Waals surface area contributed by atoms with Gasteiger partial charge in [-0.3, -0.25) is 0 Å². The molecule has 0 aromatic heterocycles. The summed E-state index contributed by atoms with van der Waals surface area (Å²) in [6, 6.07) is 19.2. The molecule has 0 radical (unpaired) electrons. The van der Waals surface area contributed by atoms with Crippen LogP contribution in [0.15, 0.2) is 54.6 Å². The Bertz CT molecular complexity index is 913. The lowest BCUT2D eigenvalue weighted by Crippen LogP contribution is -2.12. The van der Waals surface area contributed by atoms with E-state index in [0.717, 1.165) is 5.56 Å². The maximum Gasteiger partial charge on any atom is 0.0449 e. The molecule has 0 fully saturated rings. The lowest BCUT2D eigenvalue weighted by atomic mass is 9.89. The number of aliphatic hydroxyl groups excluding tert-OH is 1. The van der Waals surface area contributed by atoms with Gasteiger partial charge in [0.1, 0.15) is 0 Å². The lowest BCUT2D eigenvalue weighted by molar-refractivity contribution is 0.277. The molecule has 1 atom stereocenters. The third-order valence-corrected chi connectivity index (χ3v) is 4.40. The normalized spacial score (nSPS) is 13.4. The molecule has 4 aromatic carbocycles. The average molecular weight is 275 g/mol. The Morgan fingerprint density at radius 2 is 1.43 bits per heavy atom. The van der Waals surface area contributed by atoms with Crippen LogP contribution in [-0.4, -0.2) is 11.7 Å². The molecule has 4 aromatic rings. The van der Waals surface area contributed by atoms with Gasteiger partial charge in [0.15, 0.2) is 0 Å². The molecule has 0 aliphatic rings. The molecule has 4 rings (SSSR count). The fourth-order valence-corrected chi connectivity index (χ4v) is 3.38. The molecule has 2 nitrogen and oxygen atoms in total. The van der Waals surface area contributed by atoms with Gasteiger partial charge in [-0.1, -0.05) is 54.6 Å². The van der Waals surface area contributed by atoms with Crippen molar-refractivity contribution in [3.05, 3.63) is 60.2 Å². The molecule has 2 heteroatoms. The minimum atomic E-state index is -0.125. The number of benzene rings is 4. The quantitative estimate of drug-likeness (QED) is 0.556. The number of hydrogen-bond acceptors (Lipinski definition) is 2. The van der Waals surface area contributed by atoms with E-state index in [2.05, 4.69) is 54.6 Å². The van der Waals surface area contributed by atoms with Crippen molar-refractivity contribution in [2.75, 3.05) is 6.61 Å². The fourth-order valence-electron chi connectivity index (χ4n) is 3.38. The van der Waals surface area contributed by atoms with Crippen molar-refractivity contribution in [1.82, 2.24) is 0 Å². The highest BCUT2D eigenvalue weighted by Crippen LogP contribution is 2.37. The summed E-state index contributed by atoms with van der Waals surface area (Å²) in [6.07, 6.45) is 0.587. The largest absolute Gasteiger partial charge is 0.396 e. The van der Waals surface area contributed by atoms with Gasteiger partial charge in [-0.15, -0.1) is 0 Å². The summed E-state index contributed by atoms with van der Waals surface area (Å²) in [4.78, 5) is 0. The molecule has 0 heterocycles. The molecule has 0 spiro atoms. The summed E-state index contributed by atoms with van der Waals surface area (Å²) in [5.74, 6) is 0. The summed E-state index contributed by atoms with van der Waals surface area (Å²) in [5, 5.41) is 16.7. The summed E-state index contributed by atoms with van der Waals surface area (Å²) >= 11 is 0. The summed E-state index contributed by atoms with van der Waals surface area (Å²) < 4.78 is 0. The summed E-state index contributed by atoms with van der Waals surface area (Å²) in [7, 11) is 0. The molecule has 0 saturated carbocycles. The summed E-state index contributed by atoms with van der Waals surface area (Å²) in [5.41, 5.74) is 7.36. The van der Waals surface area contributed by atoms with Crippen molar-refractivity contribution < 1.29 is 5.11 Å².